The lowest BCUT2D eigenvalue weighted by atomic mass is 10.2. The summed E-state index contributed by atoms with van der Waals surface area (Å²) in [5.41, 5.74) is 0.166. The Bertz CT molecular complexity index is 911. The predicted molar refractivity (Wildman–Crippen MR) is 87.8 cm³/mol. The van der Waals surface area contributed by atoms with Crippen molar-refractivity contribution in [3.05, 3.63) is 45.6 Å². The minimum Gasteiger partial charge on any atom is -0.451 e. The minimum atomic E-state index is -1.10. The molecule has 0 unspecified atom stereocenters. The van der Waals surface area contributed by atoms with Crippen LogP contribution in [0.2, 0.25) is 5.02 Å². The highest BCUT2D eigenvalue weighted by Gasteiger charge is 2.19. The Kier molecular flexibility index (Phi) is 5.56. The van der Waals surface area contributed by atoms with Crippen molar-refractivity contribution >= 4 is 29.2 Å². The fourth-order valence-corrected chi connectivity index (χ4v) is 2.09. The molecule has 0 radical (unpaired) electrons. The van der Waals surface area contributed by atoms with Gasteiger partial charge in [-0.2, -0.15) is 10.4 Å². The second kappa shape index (κ2) is 7.63. The Hall–Kier alpha value is -3.12. The molecule has 0 bridgehead atoms. The highest BCUT2D eigenvalue weighted by Crippen LogP contribution is 2.20. The number of hydrogen-bond acceptors (Lipinski definition) is 6. The van der Waals surface area contributed by atoms with Crippen LogP contribution in [0.4, 0.5) is 5.69 Å². The van der Waals surface area contributed by atoms with Crippen LogP contribution in [-0.2, 0) is 27.9 Å². The quantitative estimate of drug-likeness (QED) is 0.780. The first-order chi connectivity index (χ1) is 11.8. The van der Waals surface area contributed by atoms with Crippen LogP contribution in [-0.4, -0.2) is 32.3 Å². The molecule has 130 valence electrons. The molecule has 1 N–H and O–H groups in total. The molecule has 2 rings (SSSR count). The number of rotatable bonds is 5. The van der Waals surface area contributed by atoms with Crippen LogP contribution in [0.25, 0.3) is 0 Å². The Morgan fingerprint density at radius 3 is 2.76 bits per heavy atom. The molecule has 0 saturated carbocycles. The third-order valence-corrected chi connectivity index (χ3v) is 3.51. The van der Waals surface area contributed by atoms with Gasteiger partial charge in [-0.1, -0.05) is 11.6 Å². The van der Waals surface area contributed by atoms with E-state index in [1.54, 1.807) is 0 Å². The van der Waals surface area contributed by atoms with Gasteiger partial charge in [-0.15, -0.1) is 0 Å². The standard InChI is InChI=1S/C15H14ClN5O4/c1-9(25-13(22)7-21-15(24)20(2)8-18-21)14(23)19-11-4-3-10(6-17)12(16)5-11/h3-5,8-9H,7H2,1-2H3,(H,19,23)/t9-/m0/s1. The van der Waals surface area contributed by atoms with Gasteiger partial charge >= 0.3 is 11.7 Å². The first-order valence-corrected chi connectivity index (χ1v) is 7.48. The molecule has 1 aromatic heterocycles. The molecule has 1 atom stereocenters. The van der Waals surface area contributed by atoms with Gasteiger partial charge in [-0.25, -0.2) is 9.48 Å². The van der Waals surface area contributed by atoms with Gasteiger partial charge in [0.25, 0.3) is 5.91 Å². The highest BCUT2D eigenvalue weighted by atomic mass is 35.5. The molecule has 1 amide bonds. The fraction of sp³-hybridized carbons (Fsp3) is 0.267. The number of aryl methyl sites for hydroxylation is 1. The summed E-state index contributed by atoms with van der Waals surface area (Å²) < 4.78 is 7.11. The van der Waals surface area contributed by atoms with Crippen molar-refractivity contribution in [3.8, 4) is 6.07 Å². The summed E-state index contributed by atoms with van der Waals surface area (Å²) in [6, 6.07) is 6.29. The molecule has 2 aromatic rings. The number of amides is 1. The molecule has 10 heteroatoms. The van der Waals surface area contributed by atoms with Gasteiger partial charge in [0.2, 0.25) is 0 Å². The van der Waals surface area contributed by atoms with Crippen molar-refractivity contribution in [2.75, 3.05) is 5.32 Å². The molecular weight excluding hydrogens is 350 g/mol. The van der Waals surface area contributed by atoms with Crippen LogP contribution in [0.1, 0.15) is 12.5 Å². The van der Waals surface area contributed by atoms with Gasteiger partial charge in [0, 0.05) is 12.7 Å². The summed E-state index contributed by atoms with van der Waals surface area (Å²) in [6.07, 6.45) is 0.168. The summed E-state index contributed by atoms with van der Waals surface area (Å²) >= 11 is 5.88. The number of esters is 1. The average Bonchev–Trinajstić information content (AvgIpc) is 2.87. The van der Waals surface area contributed by atoms with Crippen LogP contribution in [0.3, 0.4) is 0 Å². The number of nitrogens with zero attached hydrogens (tertiary/aromatic N) is 4. The van der Waals surface area contributed by atoms with E-state index in [1.165, 1.54) is 43.1 Å². The van der Waals surface area contributed by atoms with Crippen molar-refractivity contribution in [1.29, 1.82) is 5.26 Å². The number of benzene rings is 1. The monoisotopic (exact) mass is 363 g/mol. The van der Waals surface area contributed by atoms with Crippen LogP contribution < -0.4 is 11.0 Å². The molecule has 0 aliphatic carbocycles. The number of carbonyl (C=O) groups excluding carboxylic acids is 2. The number of anilines is 1. The maximum absolute atomic E-state index is 12.1. The molecular formula is C15H14ClN5O4. The fourth-order valence-electron chi connectivity index (χ4n) is 1.87. The number of nitrogens with one attached hydrogen (secondary N) is 1. The maximum atomic E-state index is 12.1. The summed E-state index contributed by atoms with van der Waals surface area (Å²) in [6.45, 7) is 0.986. The van der Waals surface area contributed by atoms with E-state index in [-0.39, 0.29) is 10.6 Å². The van der Waals surface area contributed by atoms with Crippen LogP contribution in [0.15, 0.2) is 29.3 Å². The van der Waals surface area contributed by atoms with Gasteiger partial charge in [0.15, 0.2) is 6.10 Å². The van der Waals surface area contributed by atoms with Crippen LogP contribution in [0, 0.1) is 11.3 Å². The normalized spacial score (nSPS) is 11.4. The van der Waals surface area contributed by atoms with Crippen LogP contribution >= 0.6 is 11.6 Å². The number of carbonyl (C=O) groups is 2. The zero-order valence-corrected chi connectivity index (χ0v) is 14.1. The van der Waals surface area contributed by atoms with E-state index in [2.05, 4.69) is 10.4 Å². The van der Waals surface area contributed by atoms with E-state index in [0.29, 0.717) is 5.69 Å². The van der Waals surface area contributed by atoms with Crippen LogP contribution in [0.5, 0.6) is 0 Å². The smallest absolute Gasteiger partial charge is 0.345 e. The minimum absolute atomic E-state index is 0.194. The second-order valence-electron chi connectivity index (χ2n) is 5.11. The zero-order valence-electron chi connectivity index (χ0n) is 13.4. The third kappa shape index (κ3) is 4.45. The molecule has 9 nitrogen and oxygen atoms in total. The SMILES string of the molecule is C[C@H](OC(=O)Cn1ncn(C)c1=O)C(=O)Nc1ccc(C#N)c(Cl)c1. The number of nitriles is 1. The van der Waals surface area contributed by atoms with Gasteiger partial charge in [0.05, 0.1) is 10.6 Å². The van der Waals surface area contributed by atoms with Crippen molar-refractivity contribution < 1.29 is 14.3 Å². The van der Waals surface area contributed by atoms with E-state index >= 15 is 0 Å². The number of halogens is 1. The number of ether oxygens (including phenoxy) is 1. The van der Waals surface area contributed by atoms with Crippen molar-refractivity contribution in [2.24, 2.45) is 7.05 Å². The molecule has 0 fully saturated rings. The average molecular weight is 364 g/mol. The Morgan fingerprint density at radius 1 is 1.48 bits per heavy atom. The van der Waals surface area contributed by atoms with E-state index in [9.17, 15) is 14.4 Å². The van der Waals surface area contributed by atoms with Crippen molar-refractivity contribution in [2.45, 2.75) is 19.6 Å². The largest absolute Gasteiger partial charge is 0.451 e. The lowest BCUT2D eigenvalue weighted by molar-refractivity contribution is -0.154. The summed E-state index contributed by atoms with van der Waals surface area (Å²) in [5, 5.41) is 15.3. The predicted octanol–water partition coefficient (Wildman–Crippen LogP) is 0.677. The van der Waals surface area contributed by atoms with E-state index in [4.69, 9.17) is 21.6 Å². The van der Waals surface area contributed by atoms with E-state index in [1.807, 2.05) is 6.07 Å². The summed E-state index contributed by atoms with van der Waals surface area (Å²) in [4.78, 5) is 35.5. The topological polar surface area (TPSA) is 119 Å². The Labute approximate surface area is 147 Å². The number of hydrogen-bond donors (Lipinski definition) is 1. The number of aromatic nitrogens is 3. The Balaban J connectivity index is 1.94. The maximum Gasteiger partial charge on any atom is 0.345 e. The van der Waals surface area contributed by atoms with Gasteiger partial charge < -0.3 is 10.1 Å². The zero-order chi connectivity index (χ0) is 18.6. The molecule has 0 saturated heterocycles. The van der Waals surface area contributed by atoms with E-state index in [0.717, 1.165) is 4.68 Å². The summed E-state index contributed by atoms with van der Waals surface area (Å²) in [5.74, 6) is -1.36. The molecule has 0 aliphatic heterocycles. The molecule has 1 aromatic carbocycles. The first-order valence-electron chi connectivity index (χ1n) is 7.10. The van der Waals surface area contributed by atoms with Gasteiger partial charge in [-0.3, -0.25) is 14.2 Å². The van der Waals surface area contributed by atoms with Crippen molar-refractivity contribution in [1.82, 2.24) is 14.3 Å². The lowest BCUT2D eigenvalue weighted by Crippen LogP contribution is -2.33. The Morgan fingerprint density at radius 2 is 2.20 bits per heavy atom. The molecule has 1 heterocycles. The van der Waals surface area contributed by atoms with E-state index < -0.39 is 30.2 Å². The van der Waals surface area contributed by atoms with Gasteiger partial charge in [0.1, 0.15) is 18.9 Å². The van der Waals surface area contributed by atoms with Gasteiger partial charge in [-0.05, 0) is 25.1 Å². The second-order valence-corrected chi connectivity index (χ2v) is 5.52. The third-order valence-electron chi connectivity index (χ3n) is 3.20. The lowest BCUT2D eigenvalue weighted by Gasteiger charge is -2.13. The first kappa shape index (κ1) is 18.2. The molecule has 0 aliphatic rings. The molecule has 0 spiro atoms. The highest BCUT2D eigenvalue weighted by molar-refractivity contribution is 6.32. The van der Waals surface area contributed by atoms with Crippen molar-refractivity contribution in [3.63, 3.8) is 0 Å². The summed E-state index contributed by atoms with van der Waals surface area (Å²) in [7, 11) is 1.50. The molecule has 25 heavy (non-hydrogen) atoms.